The minimum Gasteiger partial charge on any atom is -0.310 e. The lowest BCUT2D eigenvalue weighted by molar-refractivity contribution is 0.529. The Bertz CT molecular complexity index is 611. The van der Waals surface area contributed by atoms with Crippen molar-refractivity contribution in [3.8, 4) is 0 Å². The molecule has 0 radical (unpaired) electrons. The summed E-state index contributed by atoms with van der Waals surface area (Å²) in [6.07, 6.45) is 0.496. The summed E-state index contributed by atoms with van der Waals surface area (Å²) in [6.45, 7) is 2.60. The van der Waals surface area contributed by atoms with Crippen LogP contribution in [0.25, 0.3) is 0 Å². The standard InChI is InChI=1S/C16H15Cl2F2N/c1-2-21-16(11-6-13(19)9-14(20)7-11)8-10-5-12(17)3-4-15(10)18/h3-7,9,16,21H,2,8H2,1H3. The van der Waals surface area contributed by atoms with Gasteiger partial charge in [0.25, 0.3) is 0 Å². The molecule has 112 valence electrons. The molecule has 0 aliphatic carbocycles. The minimum atomic E-state index is -0.593. The van der Waals surface area contributed by atoms with Crippen LogP contribution in [-0.2, 0) is 6.42 Å². The molecule has 2 aromatic carbocycles. The number of nitrogens with one attached hydrogen (secondary N) is 1. The zero-order valence-electron chi connectivity index (χ0n) is 11.5. The molecule has 21 heavy (non-hydrogen) atoms. The maximum absolute atomic E-state index is 13.4. The summed E-state index contributed by atoms with van der Waals surface area (Å²) in [5.41, 5.74) is 1.38. The summed E-state index contributed by atoms with van der Waals surface area (Å²) >= 11 is 12.1. The van der Waals surface area contributed by atoms with Gasteiger partial charge in [-0.25, -0.2) is 8.78 Å². The monoisotopic (exact) mass is 329 g/mol. The Kier molecular flexibility index (Phi) is 5.57. The van der Waals surface area contributed by atoms with E-state index in [1.54, 1.807) is 18.2 Å². The van der Waals surface area contributed by atoms with E-state index in [0.717, 1.165) is 11.6 Å². The van der Waals surface area contributed by atoms with Gasteiger partial charge in [0, 0.05) is 22.2 Å². The van der Waals surface area contributed by atoms with Crippen LogP contribution in [0.5, 0.6) is 0 Å². The van der Waals surface area contributed by atoms with E-state index >= 15 is 0 Å². The van der Waals surface area contributed by atoms with E-state index in [0.29, 0.717) is 28.6 Å². The molecule has 1 unspecified atom stereocenters. The van der Waals surface area contributed by atoms with Gasteiger partial charge in [-0.05, 0) is 54.4 Å². The number of halogens is 4. The second kappa shape index (κ2) is 7.21. The van der Waals surface area contributed by atoms with Crippen molar-refractivity contribution in [2.45, 2.75) is 19.4 Å². The van der Waals surface area contributed by atoms with Crippen LogP contribution in [0, 0.1) is 11.6 Å². The van der Waals surface area contributed by atoms with Crippen molar-refractivity contribution >= 4 is 23.2 Å². The van der Waals surface area contributed by atoms with Crippen molar-refractivity contribution in [3.05, 3.63) is 69.2 Å². The third-order valence-electron chi connectivity index (χ3n) is 3.17. The molecule has 0 fully saturated rings. The molecule has 2 aromatic rings. The third-order valence-corrected chi connectivity index (χ3v) is 3.77. The Morgan fingerprint density at radius 3 is 2.33 bits per heavy atom. The summed E-state index contributed by atoms with van der Waals surface area (Å²) in [6, 6.07) is 8.47. The summed E-state index contributed by atoms with van der Waals surface area (Å²) < 4.78 is 26.8. The van der Waals surface area contributed by atoms with Crippen LogP contribution in [-0.4, -0.2) is 6.54 Å². The number of rotatable bonds is 5. The predicted octanol–water partition coefficient (Wildman–Crippen LogP) is 5.16. The maximum atomic E-state index is 13.4. The SMILES string of the molecule is CCNC(Cc1cc(Cl)ccc1Cl)c1cc(F)cc(F)c1. The van der Waals surface area contributed by atoms with E-state index in [4.69, 9.17) is 23.2 Å². The Balaban J connectivity index is 2.32. The molecule has 0 amide bonds. The van der Waals surface area contributed by atoms with Gasteiger partial charge < -0.3 is 5.32 Å². The highest BCUT2D eigenvalue weighted by molar-refractivity contribution is 6.33. The fraction of sp³-hybridized carbons (Fsp3) is 0.250. The number of likely N-dealkylation sites (N-methyl/N-ethyl adjacent to an activating group) is 1. The van der Waals surface area contributed by atoms with E-state index in [-0.39, 0.29) is 6.04 Å². The minimum absolute atomic E-state index is 0.240. The molecule has 1 atom stereocenters. The smallest absolute Gasteiger partial charge is 0.126 e. The van der Waals surface area contributed by atoms with E-state index < -0.39 is 11.6 Å². The quantitative estimate of drug-likeness (QED) is 0.798. The van der Waals surface area contributed by atoms with E-state index in [2.05, 4.69) is 5.32 Å². The fourth-order valence-corrected chi connectivity index (χ4v) is 2.64. The van der Waals surface area contributed by atoms with Gasteiger partial charge in [0.15, 0.2) is 0 Å². The van der Waals surface area contributed by atoms with Gasteiger partial charge in [-0.3, -0.25) is 0 Å². The third kappa shape index (κ3) is 4.40. The summed E-state index contributed by atoms with van der Waals surface area (Å²) in [5, 5.41) is 4.37. The largest absolute Gasteiger partial charge is 0.310 e. The van der Waals surface area contributed by atoms with Crippen LogP contribution in [0.4, 0.5) is 8.78 Å². The molecular weight excluding hydrogens is 315 g/mol. The molecular formula is C16H15Cl2F2N. The maximum Gasteiger partial charge on any atom is 0.126 e. The zero-order chi connectivity index (χ0) is 15.4. The number of hydrogen-bond donors (Lipinski definition) is 1. The fourth-order valence-electron chi connectivity index (χ4n) is 2.25. The highest BCUT2D eigenvalue weighted by atomic mass is 35.5. The average molecular weight is 330 g/mol. The van der Waals surface area contributed by atoms with Crippen molar-refractivity contribution < 1.29 is 8.78 Å². The molecule has 0 aliphatic rings. The van der Waals surface area contributed by atoms with Gasteiger partial charge in [-0.2, -0.15) is 0 Å². The first-order valence-electron chi connectivity index (χ1n) is 6.63. The predicted molar refractivity (Wildman–Crippen MR) is 82.9 cm³/mol. The van der Waals surface area contributed by atoms with E-state index in [9.17, 15) is 8.78 Å². The highest BCUT2D eigenvalue weighted by Crippen LogP contribution is 2.27. The summed E-state index contributed by atoms with van der Waals surface area (Å²) in [5.74, 6) is -1.19. The van der Waals surface area contributed by atoms with Gasteiger partial charge >= 0.3 is 0 Å². The van der Waals surface area contributed by atoms with Crippen LogP contribution in [0.3, 0.4) is 0 Å². The van der Waals surface area contributed by atoms with Crippen LogP contribution in [0.2, 0.25) is 10.0 Å². The van der Waals surface area contributed by atoms with Crippen LogP contribution in [0.15, 0.2) is 36.4 Å². The second-order valence-corrected chi connectivity index (χ2v) is 5.60. The molecule has 1 N–H and O–H groups in total. The van der Waals surface area contributed by atoms with E-state index in [1.807, 2.05) is 6.92 Å². The molecule has 0 bridgehead atoms. The Morgan fingerprint density at radius 2 is 1.71 bits per heavy atom. The molecule has 0 spiro atoms. The first-order chi connectivity index (χ1) is 9.99. The molecule has 1 nitrogen and oxygen atoms in total. The van der Waals surface area contributed by atoms with Gasteiger partial charge in [-0.1, -0.05) is 30.1 Å². The highest BCUT2D eigenvalue weighted by Gasteiger charge is 2.15. The second-order valence-electron chi connectivity index (χ2n) is 4.75. The Hall–Kier alpha value is -1.16. The van der Waals surface area contributed by atoms with E-state index in [1.165, 1.54) is 12.1 Å². The lowest BCUT2D eigenvalue weighted by atomic mass is 9.98. The molecule has 0 saturated carbocycles. The van der Waals surface area contributed by atoms with Gasteiger partial charge in [0.1, 0.15) is 11.6 Å². The molecule has 0 heterocycles. The average Bonchev–Trinajstić information content (AvgIpc) is 2.41. The van der Waals surface area contributed by atoms with Crippen molar-refractivity contribution in [2.24, 2.45) is 0 Å². The van der Waals surface area contributed by atoms with Crippen molar-refractivity contribution in [1.82, 2.24) is 5.32 Å². The first-order valence-corrected chi connectivity index (χ1v) is 7.38. The summed E-state index contributed by atoms with van der Waals surface area (Å²) in [7, 11) is 0. The van der Waals surface area contributed by atoms with Gasteiger partial charge in [0.05, 0.1) is 0 Å². The van der Waals surface area contributed by atoms with Crippen molar-refractivity contribution in [3.63, 3.8) is 0 Å². The lowest BCUT2D eigenvalue weighted by Gasteiger charge is -2.19. The lowest BCUT2D eigenvalue weighted by Crippen LogP contribution is -2.23. The molecule has 0 aromatic heterocycles. The molecule has 0 aliphatic heterocycles. The molecule has 5 heteroatoms. The zero-order valence-corrected chi connectivity index (χ0v) is 13.0. The first kappa shape index (κ1) is 16.2. The van der Waals surface area contributed by atoms with Crippen LogP contribution in [0.1, 0.15) is 24.1 Å². The van der Waals surface area contributed by atoms with Gasteiger partial charge in [0.2, 0.25) is 0 Å². The molecule has 0 saturated heterocycles. The topological polar surface area (TPSA) is 12.0 Å². The van der Waals surface area contributed by atoms with Crippen LogP contribution < -0.4 is 5.32 Å². The van der Waals surface area contributed by atoms with Crippen molar-refractivity contribution in [2.75, 3.05) is 6.54 Å². The van der Waals surface area contributed by atoms with Gasteiger partial charge in [-0.15, -0.1) is 0 Å². The van der Waals surface area contributed by atoms with Crippen molar-refractivity contribution in [1.29, 1.82) is 0 Å². The molecule has 2 rings (SSSR count). The Morgan fingerprint density at radius 1 is 1.05 bits per heavy atom. The van der Waals surface area contributed by atoms with Crippen LogP contribution >= 0.6 is 23.2 Å². The Labute approximate surface area is 132 Å². The number of hydrogen-bond acceptors (Lipinski definition) is 1. The normalized spacial score (nSPS) is 12.4. The number of benzene rings is 2. The summed E-state index contributed by atoms with van der Waals surface area (Å²) in [4.78, 5) is 0.